The number of aromatic nitrogens is 1. The van der Waals surface area contributed by atoms with E-state index >= 15 is 0 Å². The molecule has 0 aliphatic rings. The first kappa shape index (κ1) is 11.0. The molecule has 0 saturated heterocycles. The van der Waals surface area contributed by atoms with Gasteiger partial charge in [-0.05, 0) is 31.9 Å². The Hall–Kier alpha value is -1.09. The van der Waals surface area contributed by atoms with Crippen LogP contribution in [0.4, 0.5) is 0 Å². The summed E-state index contributed by atoms with van der Waals surface area (Å²) in [5, 5.41) is 0. The molecule has 0 bridgehead atoms. The molecule has 0 aromatic carbocycles. The maximum Gasteiger partial charge on any atom is 0.213 e. The van der Waals surface area contributed by atoms with Crippen LogP contribution in [0.3, 0.4) is 0 Å². The summed E-state index contributed by atoms with van der Waals surface area (Å²) in [6.45, 7) is 6.06. The average Bonchev–Trinajstić information content (AvgIpc) is 2.18. The van der Waals surface area contributed by atoms with Crippen molar-refractivity contribution in [1.29, 1.82) is 0 Å². The number of pyridine rings is 1. The first-order chi connectivity index (χ1) is 6.63. The van der Waals surface area contributed by atoms with Gasteiger partial charge < -0.3 is 10.5 Å². The predicted octanol–water partition coefficient (Wildman–Crippen LogP) is 2.28. The topological polar surface area (TPSA) is 48.1 Å². The molecule has 0 aliphatic heterocycles. The Bertz CT molecular complexity index is 286. The van der Waals surface area contributed by atoms with Crippen molar-refractivity contribution in [3.63, 3.8) is 0 Å². The molecule has 1 heterocycles. The monoisotopic (exact) mass is 194 g/mol. The van der Waals surface area contributed by atoms with Gasteiger partial charge in [-0.1, -0.05) is 6.92 Å². The van der Waals surface area contributed by atoms with Crippen LogP contribution in [0.15, 0.2) is 18.3 Å². The first-order valence-corrected chi connectivity index (χ1v) is 5.01. The SMILES string of the molecule is CCC(C)Oc1cc([C@@H](C)N)ccn1. The number of hydrogen-bond donors (Lipinski definition) is 1. The van der Waals surface area contributed by atoms with Gasteiger partial charge in [-0.15, -0.1) is 0 Å². The van der Waals surface area contributed by atoms with Gasteiger partial charge in [0.15, 0.2) is 0 Å². The van der Waals surface area contributed by atoms with Crippen LogP contribution in [0.1, 0.15) is 38.8 Å². The van der Waals surface area contributed by atoms with Crippen LogP contribution >= 0.6 is 0 Å². The van der Waals surface area contributed by atoms with Gasteiger partial charge in [0.2, 0.25) is 5.88 Å². The molecule has 1 aromatic heterocycles. The van der Waals surface area contributed by atoms with Crippen molar-refractivity contribution in [2.24, 2.45) is 5.73 Å². The second-order valence-electron chi connectivity index (χ2n) is 3.55. The number of hydrogen-bond acceptors (Lipinski definition) is 3. The highest BCUT2D eigenvalue weighted by molar-refractivity contribution is 5.22. The molecule has 0 spiro atoms. The van der Waals surface area contributed by atoms with E-state index < -0.39 is 0 Å². The molecule has 0 fully saturated rings. The summed E-state index contributed by atoms with van der Waals surface area (Å²) in [5.74, 6) is 0.661. The lowest BCUT2D eigenvalue weighted by molar-refractivity contribution is 0.208. The lowest BCUT2D eigenvalue weighted by Crippen LogP contribution is -2.12. The average molecular weight is 194 g/mol. The van der Waals surface area contributed by atoms with Crippen LogP contribution < -0.4 is 10.5 Å². The Morgan fingerprint density at radius 3 is 2.79 bits per heavy atom. The minimum absolute atomic E-state index is 0.0253. The summed E-state index contributed by atoms with van der Waals surface area (Å²) in [6.07, 6.45) is 2.91. The zero-order valence-corrected chi connectivity index (χ0v) is 9.03. The molecule has 2 N–H and O–H groups in total. The summed E-state index contributed by atoms with van der Waals surface area (Å²) < 4.78 is 5.59. The second kappa shape index (κ2) is 4.96. The van der Waals surface area contributed by atoms with Crippen LogP contribution in [0.25, 0.3) is 0 Å². The molecule has 1 rings (SSSR count). The van der Waals surface area contributed by atoms with Crippen LogP contribution in [0, 0.1) is 0 Å². The van der Waals surface area contributed by atoms with E-state index in [4.69, 9.17) is 10.5 Å². The Morgan fingerprint density at radius 2 is 2.21 bits per heavy atom. The van der Waals surface area contributed by atoms with Gasteiger partial charge in [0.25, 0.3) is 0 Å². The Morgan fingerprint density at radius 1 is 1.50 bits per heavy atom. The molecule has 0 amide bonds. The fourth-order valence-corrected chi connectivity index (χ4v) is 1.06. The third-order valence-corrected chi connectivity index (χ3v) is 2.18. The van der Waals surface area contributed by atoms with Crippen LogP contribution in [0.2, 0.25) is 0 Å². The highest BCUT2D eigenvalue weighted by Gasteiger charge is 2.05. The lowest BCUT2D eigenvalue weighted by Gasteiger charge is -2.13. The Kier molecular flexibility index (Phi) is 3.89. The van der Waals surface area contributed by atoms with Crippen molar-refractivity contribution < 1.29 is 4.74 Å². The molecule has 0 saturated carbocycles. The van der Waals surface area contributed by atoms with E-state index in [2.05, 4.69) is 11.9 Å². The fraction of sp³-hybridized carbons (Fsp3) is 0.545. The second-order valence-corrected chi connectivity index (χ2v) is 3.55. The van der Waals surface area contributed by atoms with E-state index in [0.717, 1.165) is 12.0 Å². The molecule has 78 valence electrons. The minimum Gasteiger partial charge on any atom is -0.475 e. The van der Waals surface area contributed by atoms with Crippen molar-refractivity contribution in [1.82, 2.24) is 4.98 Å². The van der Waals surface area contributed by atoms with Crippen LogP contribution in [0.5, 0.6) is 5.88 Å². The van der Waals surface area contributed by atoms with Gasteiger partial charge in [0.1, 0.15) is 0 Å². The van der Waals surface area contributed by atoms with Crippen molar-refractivity contribution in [3.05, 3.63) is 23.9 Å². The van der Waals surface area contributed by atoms with E-state index in [9.17, 15) is 0 Å². The highest BCUT2D eigenvalue weighted by Crippen LogP contribution is 2.16. The third kappa shape index (κ3) is 3.00. The maximum atomic E-state index is 5.76. The highest BCUT2D eigenvalue weighted by atomic mass is 16.5. The van der Waals surface area contributed by atoms with E-state index in [1.54, 1.807) is 6.20 Å². The molecule has 3 nitrogen and oxygen atoms in total. The number of ether oxygens (including phenoxy) is 1. The van der Waals surface area contributed by atoms with E-state index in [0.29, 0.717) is 5.88 Å². The van der Waals surface area contributed by atoms with Crippen molar-refractivity contribution >= 4 is 0 Å². The van der Waals surface area contributed by atoms with Crippen molar-refractivity contribution in [2.45, 2.75) is 39.3 Å². The standard InChI is InChI=1S/C11H18N2O/c1-4-8(2)14-11-7-10(9(3)12)5-6-13-11/h5-9H,4,12H2,1-3H3/t8?,9-/m1/s1. The normalized spacial score (nSPS) is 14.9. The van der Waals surface area contributed by atoms with Gasteiger partial charge in [-0.3, -0.25) is 0 Å². The summed E-state index contributed by atoms with van der Waals surface area (Å²) in [6, 6.07) is 3.84. The smallest absolute Gasteiger partial charge is 0.213 e. The molecule has 0 radical (unpaired) electrons. The zero-order valence-electron chi connectivity index (χ0n) is 9.03. The first-order valence-electron chi connectivity index (χ1n) is 5.01. The maximum absolute atomic E-state index is 5.76. The number of rotatable bonds is 4. The minimum atomic E-state index is 0.0253. The molecule has 0 aliphatic carbocycles. The van der Waals surface area contributed by atoms with Crippen molar-refractivity contribution in [2.75, 3.05) is 0 Å². The summed E-state index contributed by atoms with van der Waals surface area (Å²) >= 11 is 0. The van der Waals surface area contributed by atoms with E-state index in [1.807, 2.05) is 26.0 Å². The predicted molar refractivity (Wildman–Crippen MR) is 57.2 cm³/mol. The van der Waals surface area contributed by atoms with E-state index in [-0.39, 0.29) is 12.1 Å². The molecule has 1 aromatic rings. The molecule has 14 heavy (non-hydrogen) atoms. The molecule has 1 unspecified atom stereocenters. The molecule has 2 atom stereocenters. The zero-order chi connectivity index (χ0) is 10.6. The van der Waals surface area contributed by atoms with Crippen LogP contribution in [-0.4, -0.2) is 11.1 Å². The third-order valence-electron chi connectivity index (χ3n) is 2.18. The number of nitrogens with zero attached hydrogens (tertiary/aromatic N) is 1. The van der Waals surface area contributed by atoms with Gasteiger partial charge in [0.05, 0.1) is 6.10 Å². The lowest BCUT2D eigenvalue weighted by atomic mass is 10.1. The quantitative estimate of drug-likeness (QED) is 0.800. The largest absolute Gasteiger partial charge is 0.475 e. The molecular formula is C11H18N2O. The number of nitrogens with two attached hydrogens (primary N) is 1. The van der Waals surface area contributed by atoms with Gasteiger partial charge in [0, 0.05) is 18.3 Å². The summed E-state index contributed by atoms with van der Waals surface area (Å²) in [5.41, 5.74) is 6.82. The molecule has 3 heteroatoms. The molecular weight excluding hydrogens is 176 g/mol. The Balaban J connectivity index is 2.73. The summed E-state index contributed by atoms with van der Waals surface area (Å²) in [4.78, 5) is 4.13. The van der Waals surface area contributed by atoms with Crippen molar-refractivity contribution in [3.8, 4) is 5.88 Å². The van der Waals surface area contributed by atoms with Gasteiger partial charge >= 0.3 is 0 Å². The van der Waals surface area contributed by atoms with Crippen LogP contribution in [-0.2, 0) is 0 Å². The van der Waals surface area contributed by atoms with Gasteiger partial charge in [-0.2, -0.15) is 0 Å². The van der Waals surface area contributed by atoms with Gasteiger partial charge in [-0.25, -0.2) is 4.98 Å². The fourth-order valence-electron chi connectivity index (χ4n) is 1.06. The summed E-state index contributed by atoms with van der Waals surface area (Å²) in [7, 11) is 0. The Labute approximate surface area is 85.3 Å². The van der Waals surface area contributed by atoms with E-state index in [1.165, 1.54) is 0 Å².